The van der Waals surface area contributed by atoms with Crippen molar-refractivity contribution in [1.29, 1.82) is 0 Å². The predicted molar refractivity (Wildman–Crippen MR) is 104 cm³/mol. The van der Waals surface area contributed by atoms with Crippen LogP contribution in [0.2, 0.25) is 0 Å². The van der Waals surface area contributed by atoms with Crippen molar-refractivity contribution in [2.75, 3.05) is 19.6 Å². The molecule has 1 saturated heterocycles. The van der Waals surface area contributed by atoms with Gasteiger partial charge in [-0.05, 0) is 47.6 Å². The third kappa shape index (κ3) is 3.81. The third-order valence-electron chi connectivity index (χ3n) is 5.99. The fourth-order valence-electron chi connectivity index (χ4n) is 3.96. The molecule has 0 radical (unpaired) electrons. The lowest BCUT2D eigenvalue weighted by atomic mass is 9.67. The summed E-state index contributed by atoms with van der Waals surface area (Å²) in [6.07, 6.45) is 0.517. The van der Waals surface area contributed by atoms with Gasteiger partial charge < -0.3 is 15.7 Å². The fourth-order valence-corrected chi connectivity index (χ4v) is 3.96. The van der Waals surface area contributed by atoms with Crippen LogP contribution in [0.1, 0.15) is 47.9 Å². The van der Waals surface area contributed by atoms with Crippen LogP contribution in [0.3, 0.4) is 0 Å². The Morgan fingerprint density at radius 1 is 1.27 bits per heavy atom. The summed E-state index contributed by atoms with van der Waals surface area (Å²) < 4.78 is 0. The average Bonchev–Trinajstić information content (AvgIpc) is 2.65. The predicted octanol–water partition coefficient (Wildman–Crippen LogP) is 3.12. The van der Waals surface area contributed by atoms with E-state index >= 15 is 0 Å². The maximum absolute atomic E-state index is 11.5. The fraction of sp³-hybridized carbons (Fsp3) is 0.409. The number of aliphatic hydroxyl groups excluding tert-OH is 1. The lowest BCUT2D eigenvalue weighted by Crippen LogP contribution is -2.48. The van der Waals surface area contributed by atoms with Crippen LogP contribution in [-0.2, 0) is 5.41 Å². The molecule has 0 aromatic heterocycles. The first-order valence-corrected chi connectivity index (χ1v) is 9.26. The molecule has 2 aromatic rings. The number of benzene rings is 2. The molecule has 3 N–H and O–H groups in total. The molecule has 1 aliphatic heterocycles. The monoisotopic (exact) mass is 352 g/mol. The van der Waals surface area contributed by atoms with Gasteiger partial charge in [-0.3, -0.25) is 4.79 Å². The molecule has 1 unspecified atom stereocenters. The van der Waals surface area contributed by atoms with E-state index in [2.05, 4.69) is 24.8 Å². The molecule has 0 spiro atoms. The summed E-state index contributed by atoms with van der Waals surface area (Å²) in [6, 6.07) is 17.5. The number of primary amides is 1. The summed E-state index contributed by atoms with van der Waals surface area (Å²) in [7, 11) is 0. The molecular formula is C22H28N2O2. The Morgan fingerprint density at radius 3 is 2.65 bits per heavy atom. The highest BCUT2D eigenvalue weighted by atomic mass is 16.3. The van der Waals surface area contributed by atoms with Crippen LogP contribution in [-0.4, -0.2) is 35.5 Å². The molecule has 26 heavy (non-hydrogen) atoms. The highest BCUT2D eigenvalue weighted by Gasteiger charge is 2.38. The van der Waals surface area contributed by atoms with Crippen molar-refractivity contribution >= 4 is 5.91 Å². The lowest BCUT2D eigenvalue weighted by molar-refractivity contribution is 0.0579. The molecule has 0 bridgehead atoms. The van der Waals surface area contributed by atoms with Crippen molar-refractivity contribution in [3.63, 3.8) is 0 Å². The zero-order chi connectivity index (χ0) is 18.7. The van der Waals surface area contributed by atoms with Crippen LogP contribution in [0, 0.1) is 5.92 Å². The zero-order valence-corrected chi connectivity index (χ0v) is 15.6. The molecule has 4 nitrogen and oxygen atoms in total. The van der Waals surface area contributed by atoms with Crippen LogP contribution >= 0.6 is 0 Å². The Balaban J connectivity index is 1.70. The van der Waals surface area contributed by atoms with E-state index < -0.39 is 6.10 Å². The molecule has 0 aliphatic carbocycles. The Hall–Kier alpha value is -2.17. The Bertz CT molecular complexity index is 762. The molecule has 4 heteroatoms. The number of piperidine rings is 1. The van der Waals surface area contributed by atoms with Gasteiger partial charge in [0, 0.05) is 18.7 Å². The molecule has 2 aromatic carbocycles. The number of hydrogen-bond donors (Lipinski definition) is 2. The summed E-state index contributed by atoms with van der Waals surface area (Å²) in [5, 5.41) is 10.5. The minimum Gasteiger partial charge on any atom is -0.387 e. The molecule has 138 valence electrons. The smallest absolute Gasteiger partial charge is 0.248 e. The summed E-state index contributed by atoms with van der Waals surface area (Å²) in [4.78, 5) is 13.9. The molecule has 1 aliphatic rings. The standard InChI is InChI=1S/C22H28N2O2/c1-16-14-24(15-20(25)17-7-4-3-5-8-17)12-11-22(16,2)19-10-6-9-18(13-19)21(23)26/h3-10,13,16,20,25H,11-12,14-15H2,1-2H3,(H2,23,26)/t16-,20?,22-/m0/s1. The van der Waals surface area contributed by atoms with E-state index in [4.69, 9.17) is 5.73 Å². The Morgan fingerprint density at radius 2 is 2.00 bits per heavy atom. The van der Waals surface area contributed by atoms with Gasteiger partial charge in [-0.1, -0.05) is 56.3 Å². The van der Waals surface area contributed by atoms with E-state index in [1.165, 1.54) is 5.56 Å². The van der Waals surface area contributed by atoms with Crippen LogP contribution in [0.5, 0.6) is 0 Å². The Labute approximate surface area is 155 Å². The van der Waals surface area contributed by atoms with Crippen molar-refractivity contribution in [3.8, 4) is 0 Å². The summed E-state index contributed by atoms with van der Waals surface area (Å²) >= 11 is 0. The number of nitrogens with two attached hydrogens (primary N) is 1. The second-order valence-corrected chi connectivity index (χ2v) is 7.70. The topological polar surface area (TPSA) is 66.6 Å². The summed E-state index contributed by atoms with van der Waals surface area (Å²) in [6.45, 7) is 7.00. The van der Waals surface area contributed by atoms with Gasteiger partial charge in [0.05, 0.1) is 6.10 Å². The second-order valence-electron chi connectivity index (χ2n) is 7.70. The minimum atomic E-state index is -0.467. The largest absolute Gasteiger partial charge is 0.387 e. The van der Waals surface area contributed by atoms with Gasteiger partial charge in [0.15, 0.2) is 0 Å². The maximum atomic E-state index is 11.5. The van der Waals surface area contributed by atoms with Gasteiger partial charge in [-0.25, -0.2) is 0 Å². The molecule has 1 fully saturated rings. The zero-order valence-electron chi connectivity index (χ0n) is 15.6. The van der Waals surface area contributed by atoms with Gasteiger partial charge in [-0.15, -0.1) is 0 Å². The van der Waals surface area contributed by atoms with E-state index in [0.717, 1.165) is 25.1 Å². The van der Waals surface area contributed by atoms with E-state index in [1.54, 1.807) is 6.07 Å². The van der Waals surface area contributed by atoms with Gasteiger partial charge >= 0.3 is 0 Å². The number of likely N-dealkylation sites (tertiary alicyclic amines) is 1. The van der Waals surface area contributed by atoms with Crippen LogP contribution in [0.4, 0.5) is 0 Å². The van der Waals surface area contributed by atoms with Gasteiger partial charge in [-0.2, -0.15) is 0 Å². The van der Waals surface area contributed by atoms with E-state index in [-0.39, 0.29) is 11.3 Å². The van der Waals surface area contributed by atoms with Gasteiger partial charge in [0.1, 0.15) is 0 Å². The first-order valence-electron chi connectivity index (χ1n) is 9.26. The first kappa shape index (κ1) is 18.6. The Kier molecular flexibility index (Phi) is 5.44. The van der Waals surface area contributed by atoms with E-state index in [1.807, 2.05) is 42.5 Å². The highest BCUT2D eigenvalue weighted by molar-refractivity contribution is 5.92. The number of carbonyl (C=O) groups is 1. The van der Waals surface area contributed by atoms with Crippen molar-refractivity contribution in [2.45, 2.75) is 31.8 Å². The van der Waals surface area contributed by atoms with E-state index in [9.17, 15) is 9.90 Å². The van der Waals surface area contributed by atoms with Crippen LogP contribution in [0.15, 0.2) is 54.6 Å². The highest BCUT2D eigenvalue weighted by Crippen LogP contribution is 2.40. The minimum absolute atomic E-state index is 0.000338. The lowest BCUT2D eigenvalue weighted by Gasteiger charge is -2.45. The number of nitrogens with zero attached hydrogens (tertiary/aromatic N) is 1. The number of amides is 1. The number of rotatable bonds is 5. The van der Waals surface area contributed by atoms with E-state index in [0.29, 0.717) is 18.0 Å². The number of β-amino-alcohol motifs (C(OH)–C–C–N with tert-alkyl or cyclic N) is 1. The average molecular weight is 352 g/mol. The summed E-state index contributed by atoms with van der Waals surface area (Å²) in [5.41, 5.74) is 8.15. The van der Waals surface area contributed by atoms with Crippen molar-refractivity contribution in [3.05, 3.63) is 71.3 Å². The number of carbonyl (C=O) groups excluding carboxylic acids is 1. The summed E-state index contributed by atoms with van der Waals surface area (Å²) in [5.74, 6) is 0.0221. The normalized spacial score (nSPS) is 25.0. The van der Waals surface area contributed by atoms with Crippen molar-refractivity contribution in [1.82, 2.24) is 4.90 Å². The van der Waals surface area contributed by atoms with Crippen molar-refractivity contribution in [2.24, 2.45) is 11.7 Å². The van der Waals surface area contributed by atoms with Gasteiger partial charge in [0.25, 0.3) is 0 Å². The number of aliphatic hydroxyl groups is 1. The molecule has 3 rings (SSSR count). The molecule has 3 atom stereocenters. The molecular weight excluding hydrogens is 324 g/mol. The quantitative estimate of drug-likeness (QED) is 0.869. The van der Waals surface area contributed by atoms with Crippen LogP contribution in [0.25, 0.3) is 0 Å². The number of hydrogen-bond acceptors (Lipinski definition) is 3. The second kappa shape index (κ2) is 7.60. The first-order chi connectivity index (χ1) is 12.4. The third-order valence-corrected chi connectivity index (χ3v) is 5.99. The van der Waals surface area contributed by atoms with Crippen LogP contribution < -0.4 is 5.73 Å². The maximum Gasteiger partial charge on any atom is 0.248 e. The molecule has 1 heterocycles. The SMILES string of the molecule is C[C@H]1CN(CC(O)c2ccccc2)CC[C@]1(C)c1cccc(C(N)=O)c1. The van der Waals surface area contributed by atoms with Gasteiger partial charge in [0.2, 0.25) is 5.91 Å². The van der Waals surface area contributed by atoms with Crippen molar-refractivity contribution < 1.29 is 9.90 Å². The molecule has 0 saturated carbocycles. The molecule has 1 amide bonds.